The molecule has 212 valence electrons. The highest BCUT2D eigenvalue weighted by Gasteiger charge is 2.33. The van der Waals surface area contributed by atoms with Gasteiger partial charge in [-0.2, -0.15) is 13.2 Å². The van der Waals surface area contributed by atoms with Gasteiger partial charge in [0.05, 0.1) is 29.1 Å². The Labute approximate surface area is 232 Å². The fourth-order valence-electron chi connectivity index (χ4n) is 5.04. The van der Waals surface area contributed by atoms with Crippen LogP contribution in [0.4, 0.5) is 18.9 Å². The van der Waals surface area contributed by atoms with Crippen molar-refractivity contribution in [2.24, 2.45) is 5.92 Å². The molecule has 0 saturated heterocycles. The summed E-state index contributed by atoms with van der Waals surface area (Å²) in [6.07, 6.45) is 1.68. The molecule has 0 saturated carbocycles. The zero-order valence-corrected chi connectivity index (χ0v) is 22.6. The summed E-state index contributed by atoms with van der Waals surface area (Å²) >= 11 is 0. The Morgan fingerprint density at radius 1 is 1.23 bits per heavy atom. The van der Waals surface area contributed by atoms with Gasteiger partial charge in [0.15, 0.2) is 0 Å². The second-order valence-electron chi connectivity index (χ2n) is 10.4. The lowest BCUT2D eigenvalue weighted by Crippen LogP contribution is -2.42. The number of nitrogens with zero attached hydrogens (tertiary/aromatic N) is 3. The maximum absolute atomic E-state index is 14.1. The number of hydrogen-bond acceptors (Lipinski definition) is 6. The number of aromatic nitrogens is 2. The number of pyridine rings is 2. The molecule has 1 amide bonds. The zero-order chi connectivity index (χ0) is 28.9. The van der Waals surface area contributed by atoms with Crippen LogP contribution in [0, 0.1) is 11.3 Å². The number of fused-ring (bicyclic) bond motifs is 1. The van der Waals surface area contributed by atoms with Crippen molar-refractivity contribution in [3.05, 3.63) is 82.9 Å². The average Bonchev–Trinajstić information content (AvgIpc) is 2.94. The number of hydrogen-bond donors (Lipinski definition) is 3. The fraction of sp³-hybridized carbons (Fsp3) is 0.400. The molecule has 3 N–H and O–H groups in total. The third-order valence-corrected chi connectivity index (χ3v) is 7.23. The molecule has 2 aromatic heterocycles. The van der Waals surface area contributed by atoms with Crippen LogP contribution < -0.4 is 10.2 Å². The van der Waals surface area contributed by atoms with Crippen molar-refractivity contribution in [3.63, 3.8) is 0 Å². The predicted molar refractivity (Wildman–Crippen MR) is 148 cm³/mol. The molecule has 0 fully saturated rings. The Balaban J connectivity index is 1.54. The third kappa shape index (κ3) is 6.85. The second-order valence-corrected chi connectivity index (χ2v) is 10.4. The van der Waals surface area contributed by atoms with E-state index in [9.17, 15) is 23.1 Å². The summed E-state index contributed by atoms with van der Waals surface area (Å²) in [5, 5.41) is 21.5. The number of halogens is 3. The van der Waals surface area contributed by atoms with Gasteiger partial charge in [0.1, 0.15) is 5.75 Å². The van der Waals surface area contributed by atoms with Crippen molar-refractivity contribution in [1.82, 2.24) is 15.3 Å². The smallest absolute Gasteiger partial charge is 0.416 e. The van der Waals surface area contributed by atoms with Crippen LogP contribution in [0.25, 0.3) is 0 Å². The van der Waals surface area contributed by atoms with E-state index in [0.717, 1.165) is 41.6 Å². The molecule has 1 aliphatic rings. The molecule has 10 heteroatoms. The number of amides is 1. The first kappa shape index (κ1) is 29.2. The van der Waals surface area contributed by atoms with Crippen LogP contribution in [0.2, 0.25) is 0 Å². The number of benzene rings is 1. The number of aromatic hydroxyl groups is 1. The van der Waals surface area contributed by atoms with Crippen LogP contribution in [-0.2, 0) is 23.9 Å². The number of anilines is 1. The summed E-state index contributed by atoms with van der Waals surface area (Å²) in [4.78, 5) is 24.3. The number of phenolic OH excluding ortho intramolecular Hbond substituents is 1. The second kappa shape index (κ2) is 12.6. The van der Waals surface area contributed by atoms with Crippen LogP contribution >= 0.6 is 0 Å². The molecule has 3 aromatic rings. The van der Waals surface area contributed by atoms with E-state index < -0.39 is 23.6 Å². The minimum atomic E-state index is -4.45. The van der Waals surface area contributed by atoms with Crippen molar-refractivity contribution in [1.29, 1.82) is 5.41 Å². The van der Waals surface area contributed by atoms with Crippen LogP contribution in [0.3, 0.4) is 0 Å². The molecule has 2 heterocycles. The number of alkyl halides is 3. The first-order valence-electron chi connectivity index (χ1n) is 13.4. The van der Waals surface area contributed by atoms with E-state index >= 15 is 0 Å². The van der Waals surface area contributed by atoms with Crippen LogP contribution in [0.5, 0.6) is 5.75 Å². The number of carbonyl (C=O) groups excluding carboxylic acids is 1. The topological polar surface area (TPSA) is 102 Å². The van der Waals surface area contributed by atoms with E-state index in [4.69, 9.17) is 5.41 Å². The highest BCUT2D eigenvalue weighted by Crippen LogP contribution is 2.38. The summed E-state index contributed by atoms with van der Waals surface area (Å²) < 4.78 is 39.2. The van der Waals surface area contributed by atoms with Gasteiger partial charge in [-0.1, -0.05) is 26.0 Å². The van der Waals surface area contributed by atoms with Gasteiger partial charge < -0.3 is 20.7 Å². The van der Waals surface area contributed by atoms with Gasteiger partial charge >= 0.3 is 6.18 Å². The van der Waals surface area contributed by atoms with E-state index in [0.29, 0.717) is 18.5 Å². The Hall–Kier alpha value is -3.79. The minimum Gasteiger partial charge on any atom is -0.508 e. The molecule has 0 spiro atoms. The van der Waals surface area contributed by atoms with Gasteiger partial charge in [0.25, 0.3) is 0 Å². The van der Waals surface area contributed by atoms with Crippen LogP contribution in [0.15, 0.2) is 54.9 Å². The standard InChI is InChI=1S/C30H34F3N5O2/c1-19(2)27-10-9-23(17-37-27)38(29(40)26-7-3-6-25-24(26)5-4-8-28(25)39)18-20(14-34)15-35-16-22-13-21(11-12-36-22)30(31,32)33/h4-5,8-14,17,19-20,26,34-35,39H,3,6-7,15-16,18H2,1-2H3. The van der Waals surface area contributed by atoms with E-state index in [-0.39, 0.29) is 42.9 Å². The van der Waals surface area contributed by atoms with E-state index in [2.05, 4.69) is 15.3 Å². The highest BCUT2D eigenvalue weighted by molar-refractivity contribution is 5.98. The first-order valence-corrected chi connectivity index (χ1v) is 13.4. The number of phenols is 1. The first-order chi connectivity index (χ1) is 19.1. The lowest BCUT2D eigenvalue weighted by molar-refractivity contribution is -0.137. The molecule has 4 rings (SSSR count). The molecular weight excluding hydrogens is 519 g/mol. The molecular formula is C30H34F3N5O2. The normalized spacial score (nSPS) is 15.9. The minimum absolute atomic E-state index is 0.0854. The van der Waals surface area contributed by atoms with E-state index in [1.807, 2.05) is 32.0 Å². The van der Waals surface area contributed by atoms with Gasteiger partial charge in [-0.25, -0.2) is 0 Å². The average molecular weight is 554 g/mol. The van der Waals surface area contributed by atoms with Gasteiger partial charge in [-0.05, 0) is 66.6 Å². The molecule has 0 radical (unpaired) electrons. The van der Waals surface area contributed by atoms with Gasteiger partial charge in [0, 0.05) is 43.7 Å². The fourth-order valence-corrected chi connectivity index (χ4v) is 5.04. The lowest BCUT2D eigenvalue weighted by Gasteiger charge is -2.32. The molecule has 1 aromatic carbocycles. The maximum Gasteiger partial charge on any atom is 0.416 e. The van der Waals surface area contributed by atoms with Crippen molar-refractivity contribution in [2.45, 2.75) is 57.7 Å². The maximum atomic E-state index is 14.1. The van der Waals surface area contributed by atoms with E-state index in [1.54, 1.807) is 23.2 Å². The third-order valence-electron chi connectivity index (χ3n) is 7.23. The molecule has 0 aliphatic heterocycles. The van der Waals surface area contributed by atoms with Crippen molar-refractivity contribution >= 4 is 17.8 Å². The summed E-state index contributed by atoms with van der Waals surface area (Å²) in [5.74, 6) is -0.610. The predicted octanol–water partition coefficient (Wildman–Crippen LogP) is 5.83. The monoisotopic (exact) mass is 553 g/mol. The molecule has 7 nitrogen and oxygen atoms in total. The molecule has 2 atom stereocenters. The molecule has 2 unspecified atom stereocenters. The van der Waals surface area contributed by atoms with Crippen molar-refractivity contribution in [2.75, 3.05) is 18.0 Å². The Bertz CT molecular complexity index is 1330. The lowest BCUT2D eigenvalue weighted by atomic mass is 9.81. The summed E-state index contributed by atoms with van der Waals surface area (Å²) in [6, 6.07) is 10.9. The highest BCUT2D eigenvalue weighted by atomic mass is 19.4. The molecule has 40 heavy (non-hydrogen) atoms. The molecule has 1 aliphatic carbocycles. The Morgan fingerprint density at radius 2 is 2.02 bits per heavy atom. The zero-order valence-electron chi connectivity index (χ0n) is 22.6. The summed E-state index contributed by atoms with van der Waals surface area (Å²) in [7, 11) is 0. The Kier molecular flexibility index (Phi) is 9.19. The SMILES string of the molecule is CC(C)c1ccc(N(CC(C=N)CNCc2cc(C(F)(F)F)ccn2)C(=O)C2CCCc3c(O)cccc32)cn1. The van der Waals surface area contributed by atoms with Crippen molar-refractivity contribution in [3.8, 4) is 5.75 Å². The summed E-state index contributed by atoms with van der Waals surface area (Å²) in [6.45, 7) is 4.59. The van der Waals surface area contributed by atoms with Crippen LogP contribution in [-0.4, -0.2) is 40.3 Å². The number of nitrogens with one attached hydrogen (secondary N) is 2. The largest absolute Gasteiger partial charge is 0.508 e. The van der Waals surface area contributed by atoms with E-state index in [1.165, 1.54) is 6.21 Å². The number of rotatable bonds is 10. The Morgan fingerprint density at radius 3 is 2.70 bits per heavy atom. The van der Waals surface area contributed by atoms with Gasteiger partial charge in [-0.15, -0.1) is 0 Å². The van der Waals surface area contributed by atoms with Crippen molar-refractivity contribution < 1.29 is 23.1 Å². The van der Waals surface area contributed by atoms with Crippen LogP contribution in [0.1, 0.15) is 66.6 Å². The molecule has 0 bridgehead atoms. The quantitative estimate of drug-likeness (QED) is 0.274. The van der Waals surface area contributed by atoms with Gasteiger partial charge in [0.2, 0.25) is 5.91 Å². The van der Waals surface area contributed by atoms with Gasteiger partial charge in [-0.3, -0.25) is 14.8 Å². The summed E-state index contributed by atoms with van der Waals surface area (Å²) in [5.41, 5.74) is 2.57. The number of carbonyl (C=O) groups is 1.